The third-order valence-corrected chi connectivity index (χ3v) is 2.01. The Bertz CT molecular complexity index is 223. The van der Waals surface area contributed by atoms with E-state index in [4.69, 9.17) is 5.73 Å². The molecule has 1 aliphatic heterocycles. The summed E-state index contributed by atoms with van der Waals surface area (Å²) in [4.78, 5) is 12.5. The van der Waals surface area contributed by atoms with Gasteiger partial charge in [-0.1, -0.05) is 0 Å². The molecule has 3 nitrogen and oxygen atoms in total. The van der Waals surface area contributed by atoms with Crippen LogP contribution in [-0.2, 0) is 4.79 Å². The topological polar surface area (TPSA) is 46.3 Å². The molecule has 0 unspecified atom stereocenters. The van der Waals surface area contributed by atoms with Crippen LogP contribution < -0.4 is 5.73 Å². The van der Waals surface area contributed by atoms with Crippen molar-refractivity contribution in [2.45, 2.75) is 31.7 Å². The van der Waals surface area contributed by atoms with Gasteiger partial charge in [0.15, 0.2) is 0 Å². The van der Waals surface area contributed by atoms with Crippen molar-refractivity contribution in [3.8, 4) is 0 Å². The van der Waals surface area contributed by atoms with Crippen LogP contribution in [0.5, 0.6) is 0 Å². The van der Waals surface area contributed by atoms with E-state index in [1.165, 1.54) is 13.8 Å². The lowest BCUT2D eigenvalue weighted by Gasteiger charge is -2.25. The Morgan fingerprint density at radius 1 is 1.54 bits per heavy atom. The van der Waals surface area contributed by atoms with E-state index in [9.17, 15) is 13.6 Å². The van der Waals surface area contributed by atoms with Crippen LogP contribution >= 0.6 is 0 Å². The van der Waals surface area contributed by atoms with Crippen molar-refractivity contribution in [3.05, 3.63) is 0 Å². The molecule has 0 radical (unpaired) electrons. The number of nitrogens with two attached hydrogens (primary N) is 1. The summed E-state index contributed by atoms with van der Waals surface area (Å²) in [6, 6.07) is 0. The smallest absolute Gasteiger partial charge is 0.267 e. The standard InChI is InChI=1S/C8H14F2N2O/c1-7(2,11)6(13)12-4-3-8(9,10)5-12/h3-5,11H2,1-2H3. The van der Waals surface area contributed by atoms with Gasteiger partial charge in [-0.25, -0.2) is 8.78 Å². The van der Waals surface area contributed by atoms with Crippen LogP contribution in [0.2, 0.25) is 0 Å². The maximum atomic E-state index is 12.7. The second kappa shape index (κ2) is 2.90. The molecule has 5 heteroatoms. The highest BCUT2D eigenvalue weighted by atomic mass is 19.3. The molecular formula is C8H14F2N2O. The van der Waals surface area contributed by atoms with E-state index in [1.807, 2.05) is 0 Å². The van der Waals surface area contributed by atoms with Crippen molar-refractivity contribution in [1.82, 2.24) is 4.90 Å². The Hall–Kier alpha value is -0.710. The van der Waals surface area contributed by atoms with E-state index in [1.54, 1.807) is 0 Å². The summed E-state index contributed by atoms with van der Waals surface area (Å²) in [5.41, 5.74) is 4.46. The van der Waals surface area contributed by atoms with E-state index in [0.717, 1.165) is 4.90 Å². The summed E-state index contributed by atoms with van der Waals surface area (Å²) in [6.07, 6.45) is -0.255. The number of amides is 1. The Kier molecular flexibility index (Phi) is 2.32. The van der Waals surface area contributed by atoms with Crippen LogP contribution in [0.3, 0.4) is 0 Å². The summed E-state index contributed by atoms with van der Waals surface area (Å²) in [7, 11) is 0. The van der Waals surface area contributed by atoms with Gasteiger partial charge in [0.2, 0.25) is 5.91 Å². The SMILES string of the molecule is CC(C)(N)C(=O)N1CCC(F)(F)C1. The monoisotopic (exact) mass is 192 g/mol. The van der Waals surface area contributed by atoms with Crippen molar-refractivity contribution in [3.63, 3.8) is 0 Å². The van der Waals surface area contributed by atoms with Crippen LogP contribution in [0.4, 0.5) is 8.78 Å². The molecule has 0 saturated carbocycles. The van der Waals surface area contributed by atoms with Gasteiger partial charge in [0.25, 0.3) is 5.92 Å². The second-order valence-corrected chi connectivity index (χ2v) is 4.05. The van der Waals surface area contributed by atoms with Crippen molar-refractivity contribution < 1.29 is 13.6 Å². The number of hydrogen-bond donors (Lipinski definition) is 1. The zero-order chi connectivity index (χ0) is 10.3. The molecule has 0 atom stereocenters. The highest BCUT2D eigenvalue weighted by Crippen LogP contribution is 2.27. The average molecular weight is 192 g/mol. The highest BCUT2D eigenvalue weighted by molar-refractivity contribution is 5.85. The minimum atomic E-state index is -2.74. The largest absolute Gasteiger partial charge is 0.335 e. The minimum Gasteiger partial charge on any atom is -0.335 e. The average Bonchev–Trinajstić information content (AvgIpc) is 2.26. The summed E-state index contributed by atoms with van der Waals surface area (Å²) in [5, 5.41) is 0. The van der Waals surface area contributed by atoms with Crippen LogP contribution in [0, 0.1) is 0 Å². The van der Waals surface area contributed by atoms with E-state index in [-0.39, 0.29) is 13.0 Å². The summed E-state index contributed by atoms with van der Waals surface area (Å²) in [6.45, 7) is 2.65. The summed E-state index contributed by atoms with van der Waals surface area (Å²) >= 11 is 0. The first-order chi connectivity index (χ1) is 5.72. The minimum absolute atomic E-state index is 0.104. The Morgan fingerprint density at radius 2 is 2.08 bits per heavy atom. The van der Waals surface area contributed by atoms with Crippen molar-refractivity contribution >= 4 is 5.91 Å². The first-order valence-corrected chi connectivity index (χ1v) is 4.18. The van der Waals surface area contributed by atoms with Crippen molar-refractivity contribution in [1.29, 1.82) is 0 Å². The Balaban J connectivity index is 2.62. The van der Waals surface area contributed by atoms with Crippen LogP contribution in [0.25, 0.3) is 0 Å². The first kappa shape index (κ1) is 10.4. The lowest BCUT2D eigenvalue weighted by Crippen LogP contribution is -2.50. The fourth-order valence-electron chi connectivity index (χ4n) is 1.32. The third-order valence-electron chi connectivity index (χ3n) is 2.01. The normalized spacial score (nSPS) is 22.1. The van der Waals surface area contributed by atoms with Crippen LogP contribution in [0.1, 0.15) is 20.3 Å². The lowest BCUT2D eigenvalue weighted by molar-refractivity contribution is -0.136. The highest BCUT2D eigenvalue weighted by Gasteiger charge is 2.42. The fraction of sp³-hybridized carbons (Fsp3) is 0.875. The maximum absolute atomic E-state index is 12.7. The first-order valence-electron chi connectivity index (χ1n) is 4.18. The molecule has 2 N–H and O–H groups in total. The molecular weight excluding hydrogens is 178 g/mol. The molecule has 13 heavy (non-hydrogen) atoms. The van der Waals surface area contributed by atoms with Gasteiger partial charge in [-0.15, -0.1) is 0 Å². The van der Waals surface area contributed by atoms with E-state index < -0.39 is 23.9 Å². The molecule has 76 valence electrons. The molecule has 0 aliphatic carbocycles. The van der Waals surface area contributed by atoms with Crippen LogP contribution in [0.15, 0.2) is 0 Å². The molecule has 0 aromatic rings. The van der Waals surface area contributed by atoms with E-state index in [2.05, 4.69) is 0 Å². The number of hydrogen-bond acceptors (Lipinski definition) is 2. The Morgan fingerprint density at radius 3 is 2.38 bits per heavy atom. The van der Waals surface area contributed by atoms with Gasteiger partial charge in [-0.3, -0.25) is 4.79 Å². The van der Waals surface area contributed by atoms with Crippen molar-refractivity contribution in [2.75, 3.05) is 13.1 Å². The number of alkyl halides is 2. The number of rotatable bonds is 1. The third kappa shape index (κ3) is 2.37. The molecule has 1 aliphatic rings. The van der Waals surface area contributed by atoms with Gasteiger partial charge >= 0.3 is 0 Å². The van der Waals surface area contributed by atoms with Gasteiger partial charge in [0.1, 0.15) is 0 Å². The lowest BCUT2D eigenvalue weighted by atomic mass is 10.1. The van der Waals surface area contributed by atoms with Gasteiger partial charge in [0.05, 0.1) is 12.1 Å². The predicted octanol–water partition coefficient (Wildman–Crippen LogP) is 0.591. The quantitative estimate of drug-likeness (QED) is 0.661. The Labute approximate surface area is 75.9 Å². The molecule has 0 aromatic carbocycles. The molecule has 0 aromatic heterocycles. The molecule has 0 bridgehead atoms. The van der Waals surface area contributed by atoms with Gasteiger partial charge < -0.3 is 10.6 Å². The molecule has 0 spiro atoms. The number of likely N-dealkylation sites (tertiary alicyclic amines) is 1. The maximum Gasteiger partial charge on any atom is 0.267 e. The molecule has 1 amide bonds. The van der Waals surface area contributed by atoms with Crippen LogP contribution in [-0.4, -0.2) is 35.4 Å². The number of carbonyl (C=O) groups excluding carboxylic acids is 1. The van der Waals surface area contributed by atoms with Gasteiger partial charge in [-0.05, 0) is 13.8 Å². The number of carbonyl (C=O) groups is 1. The van der Waals surface area contributed by atoms with Gasteiger partial charge in [-0.2, -0.15) is 0 Å². The fourth-order valence-corrected chi connectivity index (χ4v) is 1.32. The summed E-state index contributed by atoms with van der Waals surface area (Å²) in [5.74, 6) is -3.15. The zero-order valence-electron chi connectivity index (χ0n) is 7.81. The second-order valence-electron chi connectivity index (χ2n) is 4.05. The predicted molar refractivity (Wildman–Crippen MR) is 44.4 cm³/mol. The van der Waals surface area contributed by atoms with Gasteiger partial charge in [0, 0.05) is 13.0 Å². The molecule has 1 fully saturated rings. The number of halogens is 2. The van der Waals surface area contributed by atoms with Crippen molar-refractivity contribution in [2.24, 2.45) is 5.73 Å². The molecule has 1 rings (SSSR count). The molecule has 1 saturated heterocycles. The number of nitrogens with zero attached hydrogens (tertiary/aromatic N) is 1. The van der Waals surface area contributed by atoms with E-state index in [0.29, 0.717) is 0 Å². The molecule has 1 heterocycles. The zero-order valence-corrected chi connectivity index (χ0v) is 7.81. The van der Waals surface area contributed by atoms with E-state index >= 15 is 0 Å². The summed E-state index contributed by atoms with van der Waals surface area (Å²) < 4.78 is 25.4.